The summed E-state index contributed by atoms with van der Waals surface area (Å²) in [6.07, 6.45) is -0.542. The van der Waals surface area contributed by atoms with E-state index < -0.39 is 24.0 Å². The molecule has 8 nitrogen and oxygen atoms in total. The van der Waals surface area contributed by atoms with Crippen molar-refractivity contribution in [2.45, 2.75) is 32.7 Å². The zero-order chi connectivity index (χ0) is 15.7. The van der Waals surface area contributed by atoms with E-state index >= 15 is 0 Å². The van der Waals surface area contributed by atoms with Crippen molar-refractivity contribution in [1.82, 2.24) is 10.2 Å². The molecule has 0 aliphatic rings. The van der Waals surface area contributed by atoms with E-state index in [-0.39, 0.29) is 25.3 Å². The minimum absolute atomic E-state index is 0.185. The quantitative estimate of drug-likeness (QED) is 0.595. The van der Waals surface area contributed by atoms with Gasteiger partial charge in [-0.25, -0.2) is 9.59 Å². The SMILES string of the molecule is CCN(CC(C)C#N)C(=O)NC(CCC(=O)O)C(=O)O. The summed E-state index contributed by atoms with van der Waals surface area (Å²) in [5, 5.41) is 28.4. The van der Waals surface area contributed by atoms with Crippen LogP contribution in [0.3, 0.4) is 0 Å². The largest absolute Gasteiger partial charge is 0.481 e. The van der Waals surface area contributed by atoms with Crippen molar-refractivity contribution in [3.05, 3.63) is 0 Å². The van der Waals surface area contributed by atoms with Crippen LogP contribution in [0.2, 0.25) is 0 Å². The van der Waals surface area contributed by atoms with E-state index in [1.54, 1.807) is 13.8 Å². The minimum Gasteiger partial charge on any atom is -0.481 e. The van der Waals surface area contributed by atoms with Crippen molar-refractivity contribution in [1.29, 1.82) is 5.26 Å². The van der Waals surface area contributed by atoms with Gasteiger partial charge in [0.05, 0.1) is 12.0 Å². The number of carbonyl (C=O) groups excluding carboxylic acids is 1. The summed E-state index contributed by atoms with van der Waals surface area (Å²) in [6, 6.07) is 0.108. The third-order valence-electron chi connectivity index (χ3n) is 2.63. The Hall–Kier alpha value is -2.30. The summed E-state index contributed by atoms with van der Waals surface area (Å²) in [7, 11) is 0. The van der Waals surface area contributed by atoms with Crippen LogP contribution in [0.4, 0.5) is 4.79 Å². The Bertz CT molecular complexity index is 404. The van der Waals surface area contributed by atoms with E-state index in [0.717, 1.165) is 0 Å². The van der Waals surface area contributed by atoms with Crippen LogP contribution < -0.4 is 5.32 Å². The van der Waals surface area contributed by atoms with Gasteiger partial charge in [-0.1, -0.05) is 0 Å². The van der Waals surface area contributed by atoms with Crippen LogP contribution >= 0.6 is 0 Å². The molecule has 0 aromatic carbocycles. The van der Waals surface area contributed by atoms with E-state index in [1.807, 2.05) is 6.07 Å². The van der Waals surface area contributed by atoms with Gasteiger partial charge in [0, 0.05) is 19.5 Å². The first kappa shape index (κ1) is 17.7. The van der Waals surface area contributed by atoms with Gasteiger partial charge in [-0.3, -0.25) is 4.79 Å². The molecular weight excluding hydrogens is 266 g/mol. The van der Waals surface area contributed by atoms with Crippen molar-refractivity contribution < 1.29 is 24.6 Å². The fourth-order valence-electron chi connectivity index (χ4n) is 1.49. The molecule has 0 heterocycles. The Balaban J connectivity index is 4.60. The van der Waals surface area contributed by atoms with Gasteiger partial charge in [-0.05, 0) is 20.3 Å². The molecule has 3 N–H and O–H groups in total. The Kier molecular flexibility index (Phi) is 7.74. The molecule has 0 bridgehead atoms. The molecule has 2 amide bonds. The predicted octanol–water partition coefficient (Wildman–Crippen LogP) is 0.496. The lowest BCUT2D eigenvalue weighted by molar-refractivity contribution is -0.140. The molecule has 20 heavy (non-hydrogen) atoms. The summed E-state index contributed by atoms with van der Waals surface area (Å²) in [4.78, 5) is 34.6. The topological polar surface area (TPSA) is 131 Å². The molecule has 2 unspecified atom stereocenters. The maximum absolute atomic E-state index is 11.9. The number of nitriles is 1. The van der Waals surface area contributed by atoms with Crippen LogP contribution in [0.15, 0.2) is 0 Å². The maximum Gasteiger partial charge on any atom is 0.326 e. The number of rotatable bonds is 8. The second kappa shape index (κ2) is 8.74. The molecule has 0 rings (SSSR count). The first-order valence-corrected chi connectivity index (χ1v) is 6.21. The van der Waals surface area contributed by atoms with Crippen molar-refractivity contribution in [3.63, 3.8) is 0 Å². The minimum atomic E-state index is -1.29. The molecule has 0 aliphatic carbocycles. The molecule has 0 saturated carbocycles. The number of hydrogen-bond donors (Lipinski definition) is 3. The summed E-state index contributed by atoms with van der Waals surface area (Å²) >= 11 is 0. The van der Waals surface area contributed by atoms with Crippen LogP contribution in [0, 0.1) is 17.2 Å². The lowest BCUT2D eigenvalue weighted by atomic mass is 10.1. The molecular formula is C12H19N3O5. The van der Waals surface area contributed by atoms with Crippen LogP contribution in [-0.4, -0.2) is 52.2 Å². The monoisotopic (exact) mass is 285 g/mol. The highest BCUT2D eigenvalue weighted by atomic mass is 16.4. The molecule has 0 aromatic heterocycles. The van der Waals surface area contributed by atoms with Gasteiger partial charge < -0.3 is 20.4 Å². The summed E-state index contributed by atoms with van der Waals surface area (Å²) in [5.74, 6) is -2.79. The number of nitrogens with zero attached hydrogens (tertiary/aromatic N) is 2. The number of amides is 2. The number of nitrogens with one attached hydrogen (secondary N) is 1. The smallest absolute Gasteiger partial charge is 0.326 e. The van der Waals surface area contributed by atoms with E-state index in [0.29, 0.717) is 6.54 Å². The van der Waals surface area contributed by atoms with E-state index in [1.165, 1.54) is 4.90 Å². The van der Waals surface area contributed by atoms with Crippen LogP contribution in [0.1, 0.15) is 26.7 Å². The second-order valence-electron chi connectivity index (χ2n) is 4.34. The van der Waals surface area contributed by atoms with Crippen LogP contribution in [-0.2, 0) is 9.59 Å². The van der Waals surface area contributed by atoms with Gasteiger partial charge >= 0.3 is 18.0 Å². The third-order valence-corrected chi connectivity index (χ3v) is 2.63. The summed E-state index contributed by atoms with van der Waals surface area (Å²) in [5.41, 5.74) is 0. The molecule has 0 aliphatic heterocycles. The lowest BCUT2D eigenvalue weighted by Gasteiger charge is -2.24. The van der Waals surface area contributed by atoms with Gasteiger partial charge in [-0.15, -0.1) is 0 Å². The number of urea groups is 1. The van der Waals surface area contributed by atoms with Gasteiger partial charge in [0.15, 0.2) is 0 Å². The highest BCUT2D eigenvalue weighted by molar-refractivity contribution is 5.83. The number of aliphatic carboxylic acids is 2. The number of hydrogen-bond acceptors (Lipinski definition) is 4. The molecule has 0 aromatic rings. The summed E-state index contributed by atoms with van der Waals surface area (Å²) < 4.78 is 0. The Morgan fingerprint density at radius 2 is 1.95 bits per heavy atom. The van der Waals surface area contributed by atoms with Crippen molar-refractivity contribution in [3.8, 4) is 6.07 Å². The Morgan fingerprint density at radius 1 is 1.35 bits per heavy atom. The fraction of sp³-hybridized carbons (Fsp3) is 0.667. The van der Waals surface area contributed by atoms with E-state index in [2.05, 4.69) is 5.32 Å². The summed E-state index contributed by atoms with van der Waals surface area (Å²) in [6.45, 7) is 3.86. The van der Waals surface area contributed by atoms with E-state index in [4.69, 9.17) is 15.5 Å². The van der Waals surface area contributed by atoms with Crippen molar-refractivity contribution >= 4 is 18.0 Å². The fourth-order valence-corrected chi connectivity index (χ4v) is 1.49. The lowest BCUT2D eigenvalue weighted by Crippen LogP contribution is -2.49. The zero-order valence-electron chi connectivity index (χ0n) is 11.5. The van der Waals surface area contributed by atoms with E-state index in [9.17, 15) is 14.4 Å². The molecule has 112 valence electrons. The average molecular weight is 285 g/mol. The highest BCUT2D eigenvalue weighted by Crippen LogP contribution is 2.03. The van der Waals surface area contributed by atoms with Crippen molar-refractivity contribution in [2.75, 3.05) is 13.1 Å². The average Bonchev–Trinajstić information content (AvgIpc) is 2.39. The number of carboxylic acid groups (broad SMARTS) is 2. The van der Waals surface area contributed by atoms with Gasteiger partial charge in [0.1, 0.15) is 6.04 Å². The molecule has 0 radical (unpaired) electrons. The molecule has 2 atom stereocenters. The third kappa shape index (κ3) is 6.58. The Morgan fingerprint density at radius 3 is 2.35 bits per heavy atom. The highest BCUT2D eigenvalue weighted by Gasteiger charge is 2.24. The van der Waals surface area contributed by atoms with Gasteiger partial charge in [0.2, 0.25) is 0 Å². The Labute approximate surface area is 117 Å². The number of carboxylic acids is 2. The standard InChI is InChI=1S/C12H19N3O5/c1-3-15(7-8(2)6-13)12(20)14-9(11(18)19)4-5-10(16)17/h8-9H,3-5,7H2,1-2H3,(H,14,20)(H,16,17)(H,18,19). The first-order valence-electron chi connectivity index (χ1n) is 6.21. The first-order chi connectivity index (χ1) is 9.31. The maximum atomic E-state index is 11.9. The predicted molar refractivity (Wildman–Crippen MR) is 68.8 cm³/mol. The molecule has 0 fully saturated rings. The molecule has 0 saturated heterocycles. The normalized spacial score (nSPS) is 12.8. The number of carbonyl (C=O) groups is 3. The zero-order valence-corrected chi connectivity index (χ0v) is 11.5. The van der Waals surface area contributed by atoms with Gasteiger partial charge in [0.25, 0.3) is 0 Å². The molecule has 8 heteroatoms. The second-order valence-corrected chi connectivity index (χ2v) is 4.34. The van der Waals surface area contributed by atoms with Gasteiger partial charge in [-0.2, -0.15) is 5.26 Å². The van der Waals surface area contributed by atoms with Crippen LogP contribution in [0.5, 0.6) is 0 Å². The van der Waals surface area contributed by atoms with Crippen LogP contribution in [0.25, 0.3) is 0 Å². The molecule has 0 spiro atoms. The van der Waals surface area contributed by atoms with Crippen molar-refractivity contribution in [2.24, 2.45) is 5.92 Å².